The highest BCUT2D eigenvalue weighted by Gasteiger charge is 2.33. The van der Waals surface area contributed by atoms with Crippen LogP contribution in [0, 0.1) is 6.92 Å². The highest BCUT2D eigenvalue weighted by Crippen LogP contribution is 2.37. The lowest BCUT2D eigenvalue weighted by atomic mass is 10.1. The van der Waals surface area contributed by atoms with E-state index in [4.69, 9.17) is 16.7 Å². The molecule has 0 saturated carbocycles. The Labute approximate surface area is 104 Å². The zero-order valence-electron chi connectivity index (χ0n) is 8.96. The molecule has 94 valence electrons. The molecule has 1 N–H and O–H groups in total. The molecule has 1 aromatic carbocycles. The normalized spacial score (nSPS) is 13.5. The summed E-state index contributed by atoms with van der Waals surface area (Å²) in [7, 11) is -1.75. The fourth-order valence-electron chi connectivity index (χ4n) is 1.52. The van der Waals surface area contributed by atoms with Crippen molar-refractivity contribution in [3.8, 4) is 0 Å². The third-order valence-electron chi connectivity index (χ3n) is 2.23. The Morgan fingerprint density at radius 1 is 1.47 bits per heavy atom. The topological polar surface area (TPSA) is 54.4 Å². The average molecular weight is 283 g/mol. The fourth-order valence-corrected chi connectivity index (χ4v) is 2.78. The van der Waals surface area contributed by atoms with Gasteiger partial charge in [0.15, 0.2) is 0 Å². The maximum Gasteiger partial charge on any atom is 0.349 e. The van der Waals surface area contributed by atoms with E-state index >= 15 is 0 Å². The number of aromatic carboxylic acids is 1. The SMILES string of the molecule is Cc1c(C(=O)O)ccc(C(F)(F)Cl)c1[S@@](C)=O. The number of carboxylic acids is 1. The molecule has 0 radical (unpaired) electrons. The Hall–Kier alpha value is -1.01. The van der Waals surface area contributed by atoms with E-state index in [1.54, 1.807) is 0 Å². The monoisotopic (exact) mass is 282 g/mol. The van der Waals surface area contributed by atoms with Gasteiger partial charge < -0.3 is 5.11 Å². The summed E-state index contributed by atoms with van der Waals surface area (Å²) in [4.78, 5) is 10.6. The highest BCUT2D eigenvalue weighted by atomic mass is 35.5. The smallest absolute Gasteiger partial charge is 0.349 e. The molecule has 1 rings (SSSR count). The van der Waals surface area contributed by atoms with Crippen LogP contribution in [0.5, 0.6) is 0 Å². The summed E-state index contributed by atoms with van der Waals surface area (Å²) >= 11 is 4.90. The van der Waals surface area contributed by atoms with E-state index in [-0.39, 0.29) is 16.0 Å². The molecule has 3 nitrogen and oxygen atoms in total. The largest absolute Gasteiger partial charge is 0.478 e. The van der Waals surface area contributed by atoms with Crippen LogP contribution in [0.1, 0.15) is 21.5 Å². The fraction of sp³-hybridized carbons (Fsp3) is 0.300. The minimum atomic E-state index is -3.68. The number of hydrogen-bond donors (Lipinski definition) is 1. The lowest BCUT2D eigenvalue weighted by Gasteiger charge is -2.16. The van der Waals surface area contributed by atoms with E-state index in [1.807, 2.05) is 0 Å². The molecule has 0 amide bonds. The van der Waals surface area contributed by atoms with Crippen LogP contribution >= 0.6 is 11.6 Å². The number of carboxylic acid groups (broad SMARTS) is 1. The number of halogens is 3. The Morgan fingerprint density at radius 3 is 2.35 bits per heavy atom. The van der Waals surface area contributed by atoms with Crippen LogP contribution in [-0.4, -0.2) is 21.5 Å². The first-order valence-corrected chi connectivity index (χ1v) is 6.37. The highest BCUT2D eigenvalue weighted by molar-refractivity contribution is 7.84. The Morgan fingerprint density at radius 2 is 2.00 bits per heavy atom. The molecule has 1 aromatic rings. The third-order valence-corrected chi connectivity index (χ3v) is 3.53. The Bertz CT molecular complexity index is 497. The van der Waals surface area contributed by atoms with Crippen molar-refractivity contribution in [2.75, 3.05) is 6.26 Å². The summed E-state index contributed by atoms with van der Waals surface area (Å²) in [5.74, 6) is -1.27. The lowest BCUT2D eigenvalue weighted by molar-refractivity contribution is 0.0693. The van der Waals surface area contributed by atoms with Crippen molar-refractivity contribution in [3.63, 3.8) is 0 Å². The molecule has 0 bridgehead atoms. The quantitative estimate of drug-likeness (QED) is 0.867. The van der Waals surface area contributed by atoms with Crippen molar-refractivity contribution >= 4 is 28.4 Å². The third kappa shape index (κ3) is 2.81. The number of benzene rings is 1. The van der Waals surface area contributed by atoms with Gasteiger partial charge in [-0.15, -0.1) is 0 Å². The second-order valence-electron chi connectivity index (χ2n) is 3.37. The molecule has 7 heteroatoms. The molecular weight excluding hydrogens is 274 g/mol. The van der Waals surface area contributed by atoms with E-state index < -0.39 is 27.7 Å². The second kappa shape index (κ2) is 4.70. The zero-order chi connectivity index (χ0) is 13.4. The summed E-state index contributed by atoms with van der Waals surface area (Å²) < 4.78 is 37.6. The molecule has 0 fully saturated rings. The number of carbonyl (C=O) groups is 1. The molecule has 0 aliphatic rings. The van der Waals surface area contributed by atoms with E-state index in [0.717, 1.165) is 12.1 Å². The van der Waals surface area contributed by atoms with Crippen LogP contribution in [0.25, 0.3) is 0 Å². The van der Waals surface area contributed by atoms with Crippen molar-refractivity contribution in [1.82, 2.24) is 0 Å². The Balaban J connectivity index is 3.63. The first-order chi connectivity index (χ1) is 7.66. The minimum absolute atomic E-state index is 0.0381. The van der Waals surface area contributed by atoms with E-state index in [0.29, 0.717) is 0 Å². The summed E-state index contributed by atoms with van der Waals surface area (Å²) in [6.07, 6.45) is 1.19. The minimum Gasteiger partial charge on any atom is -0.478 e. The van der Waals surface area contributed by atoms with Gasteiger partial charge in [0, 0.05) is 6.26 Å². The summed E-state index contributed by atoms with van der Waals surface area (Å²) in [5, 5.41) is 5.17. The van der Waals surface area contributed by atoms with Crippen molar-refractivity contribution in [3.05, 3.63) is 28.8 Å². The molecule has 0 aliphatic heterocycles. The van der Waals surface area contributed by atoms with Crippen LogP contribution in [0.15, 0.2) is 17.0 Å². The van der Waals surface area contributed by atoms with Crippen molar-refractivity contribution in [2.24, 2.45) is 0 Å². The van der Waals surface area contributed by atoms with Gasteiger partial charge in [-0.3, -0.25) is 4.21 Å². The van der Waals surface area contributed by atoms with Crippen LogP contribution in [0.4, 0.5) is 8.78 Å². The molecule has 0 unspecified atom stereocenters. The van der Waals surface area contributed by atoms with Crippen LogP contribution in [0.2, 0.25) is 0 Å². The molecule has 1 atom stereocenters. The Kier molecular flexibility index (Phi) is 3.88. The van der Waals surface area contributed by atoms with Crippen molar-refractivity contribution in [2.45, 2.75) is 17.2 Å². The van der Waals surface area contributed by atoms with Crippen LogP contribution < -0.4 is 0 Å². The van der Waals surface area contributed by atoms with Gasteiger partial charge in [0.05, 0.1) is 26.8 Å². The molecule has 0 saturated heterocycles. The van der Waals surface area contributed by atoms with Gasteiger partial charge >= 0.3 is 11.4 Å². The molecule has 0 aromatic heterocycles. The average Bonchev–Trinajstić information content (AvgIpc) is 2.14. The van der Waals surface area contributed by atoms with Gasteiger partial charge in [-0.2, -0.15) is 8.78 Å². The van der Waals surface area contributed by atoms with Gasteiger partial charge in [-0.1, -0.05) is 0 Å². The molecule has 0 heterocycles. The van der Waals surface area contributed by atoms with E-state index in [2.05, 4.69) is 0 Å². The predicted octanol–water partition coefficient (Wildman–Crippen LogP) is 2.72. The molecular formula is C10H9ClF2O3S. The number of hydrogen-bond acceptors (Lipinski definition) is 2. The predicted molar refractivity (Wildman–Crippen MR) is 60.2 cm³/mol. The van der Waals surface area contributed by atoms with Gasteiger partial charge in [-0.25, -0.2) is 4.79 Å². The summed E-state index contributed by atoms with van der Waals surface area (Å²) in [5.41, 5.74) is -0.751. The van der Waals surface area contributed by atoms with Gasteiger partial charge in [0.1, 0.15) is 0 Å². The first kappa shape index (κ1) is 14.1. The number of rotatable bonds is 3. The second-order valence-corrected chi connectivity index (χ2v) is 5.16. The first-order valence-electron chi connectivity index (χ1n) is 4.43. The van der Waals surface area contributed by atoms with Crippen LogP contribution in [-0.2, 0) is 16.2 Å². The molecule has 0 spiro atoms. The maximum atomic E-state index is 13.1. The lowest BCUT2D eigenvalue weighted by Crippen LogP contribution is -2.13. The van der Waals surface area contributed by atoms with E-state index in [9.17, 15) is 17.8 Å². The summed E-state index contributed by atoms with van der Waals surface area (Å²) in [6, 6.07) is 1.92. The van der Waals surface area contributed by atoms with Gasteiger partial charge in [0.25, 0.3) is 0 Å². The van der Waals surface area contributed by atoms with Gasteiger partial charge in [-0.05, 0) is 36.2 Å². The van der Waals surface area contributed by atoms with Crippen molar-refractivity contribution in [1.29, 1.82) is 0 Å². The van der Waals surface area contributed by atoms with Gasteiger partial charge in [0.2, 0.25) is 0 Å². The molecule has 17 heavy (non-hydrogen) atoms. The summed E-state index contributed by atoms with van der Waals surface area (Å²) in [6.45, 7) is 1.33. The van der Waals surface area contributed by atoms with Crippen LogP contribution in [0.3, 0.4) is 0 Å². The molecule has 0 aliphatic carbocycles. The van der Waals surface area contributed by atoms with E-state index in [1.165, 1.54) is 13.2 Å². The number of alkyl halides is 3. The maximum absolute atomic E-state index is 13.1. The van der Waals surface area contributed by atoms with Crippen molar-refractivity contribution < 1.29 is 22.9 Å². The standard InChI is InChI=1S/C10H9ClF2O3S/c1-5-6(9(14)15)3-4-7(10(11,12)13)8(5)17(2)16/h3-4H,1-2H3,(H,14,15)/t17-/m1/s1. The zero-order valence-corrected chi connectivity index (χ0v) is 10.5.